The van der Waals surface area contributed by atoms with Gasteiger partial charge in [0, 0.05) is 11.8 Å². The Balaban J connectivity index is 1.76. The molecule has 1 fully saturated rings. The average Bonchev–Trinajstić information content (AvgIpc) is 2.86. The fourth-order valence-electron chi connectivity index (χ4n) is 4.87. The number of nitrogens with zero attached hydrogens (tertiary/aromatic N) is 3. The number of rotatable bonds is 2. The maximum absolute atomic E-state index is 13.7. The maximum atomic E-state index is 13.7. The van der Waals surface area contributed by atoms with Gasteiger partial charge in [0.05, 0.1) is 18.8 Å². The summed E-state index contributed by atoms with van der Waals surface area (Å²) in [5.41, 5.74) is 2.02. The lowest BCUT2D eigenvalue weighted by atomic mass is 9.96. The molecule has 0 radical (unpaired) electrons. The Hall–Kier alpha value is -3.55. The van der Waals surface area contributed by atoms with E-state index >= 15 is 0 Å². The van der Waals surface area contributed by atoms with E-state index in [2.05, 4.69) is 13.8 Å². The summed E-state index contributed by atoms with van der Waals surface area (Å²) >= 11 is 0. The van der Waals surface area contributed by atoms with Crippen LogP contribution >= 0.6 is 0 Å². The van der Waals surface area contributed by atoms with E-state index < -0.39 is 6.10 Å². The Kier molecular flexibility index (Phi) is 5.89. The largest absolute Gasteiger partial charge is 0.507 e. The monoisotopic (exact) mass is 459 g/mol. The lowest BCUT2D eigenvalue weighted by Gasteiger charge is -2.50. The number of benzene rings is 2. The van der Waals surface area contributed by atoms with Crippen LogP contribution in [0.3, 0.4) is 0 Å². The smallest absolute Gasteiger partial charge is 0.277 e. The van der Waals surface area contributed by atoms with Gasteiger partial charge in [0.15, 0.2) is 11.5 Å². The molecule has 2 aromatic carbocycles. The number of aliphatic hydroxyl groups is 2. The number of hydrogen-bond acceptors (Lipinski definition) is 6. The maximum Gasteiger partial charge on any atom is 0.277 e. The average molecular weight is 460 g/mol. The van der Waals surface area contributed by atoms with E-state index in [1.165, 1.54) is 6.08 Å². The third kappa shape index (κ3) is 3.77. The van der Waals surface area contributed by atoms with E-state index in [0.717, 1.165) is 16.9 Å². The first-order valence-electron chi connectivity index (χ1n) is 11.6. The summed E-state index contributed by atoms with van der Waals surface area (Å²) in [7, 11) is 0. The quantitative estimate of drug-likeness (QED) is 0.667. The Morgan fingerprint density at radius 2 is 1.76 bits per heavy atom. The Morgan fingerprint density at radius 1 is 1.03 bits per heavy atom. The predicted molar refractivity (Wildman–Crippen MR) is 128 cm³/mol. The predicted octanol–water partition coefficient (Wildman–Crippen LogP) is 3.73. The number of aliphatic hydroxyl groups excluding tert-OH is 2. The molecule has 2 N–H and O–H groups in total. The number of carbonyl (C=O) groups excluding carboxylic acids is 1. The van der Waals surface area contributed by atoms with Crippen molar-refractivity contribution in [2.45, 2.75) is 32.0 Å². The third-order valence-electron chi connectivity index (χ3n) is 6.54. The standard InChI is InChI=1S/C27H29N3O4/c1-18(2)21-12-8-16-34-23-13-7-6-11-20(23)24(19-9-4-3-5-10-19)30-17-28(21)27(33)25-26(32)22(31)14-15-29(25)30/h3-15,18,21-22,24,31-32H,16-17H2,1-2H3/b12-8+/t21-,22?,24+/m0/s1. The molecule has 4 atom stereocenters. The van der Waals surface area contributed by atoms with Crippen LogP contribution in [0, 0.1) is 5.92 Å². The molecular weight excluding hydrogens is 430 g/mol. The molecule has 0 aromatic heterocycles. The molecule has 3 heterocycles. The van der Waals surface area contributed by atoms with E-state index in [-0.39, 0.29) is 42.0 Å². The van der Waals surface area contributed by atoms with Gasteiger partial charge in [-0.3, -0.25) is 9.80 Å². The molecule has 176 valence electrons. The van der Waals surface area contributed by atoms with Crippen molar-refractivity contribution >= 4 is 5.91 Å². The van der Waals surface area contributed by atoms with Crippen LogP contribution < -0.4 is 4.74 Å². The summed E-state index contributed by atoms with van der Waals surface area (Å²) in [6.07, 6.45) is 5.85. The van der Waals surface area contributed by atoms with E-state index in [0.29, 0.717) is 6.61 Å². The van der Waals surface area contributed by atoms with Crippen molar-refractivity contribution < 1.29 is 19.7 Å². The van der Waals surface area contributed by atoms with Crippen LogP contribution in [-0.2, 0) is 4.79 Å². The topological polar surface area (TPSA) is 76.5 Å². The summed E-state index contributed by atoms with van der Waals surface area (Å²) in [5.74, 6) is 0.211. The van der Waals surface area contributed by atoms with E-state index in [1.807, 2.05) is 71.8 Å². The molecule has 5 rings (SSSR count). The van der Waals surface area contributed by atoms with Crippen LogP contribution in [0.2, 0.25) is 0 Å². The molecule has 3 aliphatic rings. The molecule has 0 spiro atoms. The van der Waals surface area contributed by atoms with Gasteiger partial charge >= 0.3 is 0 Å². The van der Waals surface area contributed by atoms with Gasteiger partial charge < -0.3 is 19.8 Å². The number of para-hydroxylation sites is 1. The van der Waals surface area contributed by atoms with E-state index in [1.54, 1.807) is 16.1 Å². The minimum absolute atomic E-state index is 0.0684. The van der Waals surface area contributed by atoms with Crippen LogP contribution in [0.25, 0.3) is 0 Å². The molecular formula is C27H29N3O4. The molecule has 7 nitrogen and oxygen atoms in total. The van der Waals surface area contributed by atoms with Crippen LogP contribution in [0.1, 0.15) is 31.0 Å². The van der Waals surface area contributed by atoms with E-state index in [9.17, 15) is 15.0 Å². The van der Waals surface area contributed by atoms with Crippen LogP contribution in [0.15, 0.2) is 90.5 Å². The number of fused-ring (bicyclic) bond motifs is 5. The van der Waals surface area contributed by atoms with Gasteiger partial charge in [-0.15, -0.1) is 0 Å². The molecule has 2 aromatic rings. The zero-order valence-electron chi connectivity index (χ0n) is 19.3. The lowest BCUT2D eigenvalue weighted by molar-refractivity contribution is -0.153. The van der Waals surface area contributed by atoms with Gasteiger partial charge in [-0.2, -0.15) is 5.01 Å². The second kappa shape index (κ2) is 9.00. The Bertz CT molecular complexity index is 1160. The first-order valence-corrected chi connectivity index (χ1v) is 11.6. The van der Waals surface area contributed by atoms with Gasteiger partial charge in [-0.05, 0) is 29.7 Å². The third-order valence-corrected chi connectivity index (χ3v) is 6.54. The highest BCUT2D eigenvalue weighted by molar-refractivity contribution is 5.95. The van der Waals surface area contributed by atoms with Crippen molar-refractivity contribution in [1.82, 2.24) is 14.9 Å². The molecule has 34 heavy (non-hydrogen) atoms. The molecule has 1 amide bonds. The highest BCUT2D eigenvalue weighted by Crippen LogP contribution is 2.41. The highest BCUT2D eigenvalue weighted by atomic mass is 16.5. The molecule has 0 saturated carbocycles. The number of ether oxygens (including phenoxy) is 1. The van der Waals surface area contributed by atoms with Crippen molar-refractivity contribution in [2.75, 3.05) is 13.3 Å². The van der Waals surface area contributed by atoms with Crippen molar-refractivity contribution in [1.29, 1.82) is 0 Å². The lowest BCUT2D eigenvalue weighted by Crippen LogP contribution is -2.61. The zero-order valence-corrected chi connectivity index (χ0v) is 19.3. The molecule has 0 aliphatic carbocycles. The summed E-state index contributed by atoms with van der Waals surface area (Å²) in [6.45, 7) is 4.79. The van der Waals surface area contributed by atoms with Crippen molar-refractivity contribution in [2.24, 2.45) is 5.92 Å². The molecule has 7 heteroatoms. The molecule has 2 bridgehead atoms. The van der Waals surface area contributed by atoms with Gasteiger partial charge in [0.1, 0.15) is 18.5 Å². The first-order chi connectivity index (χ1) is 16.5. The summed E-state index contributed by atoms with van der Waals surface area (Å²) in [5, 5.41) is 24.9. The Morgan fingerprint density at radius 3 is 2.53 bits per heavy atom. The van der Waals surface area contributed by atoms with Gasteiger partial charge in [-0.1, -0.05) is 68.5 Å². The first kappa shape index (κ1) is 22.3. The van der Waals surface area contributed by atoms with Crippen LogP contribution in [-0.4, -0.2) is 56.5 Å². The van der Waals surface area contributed by atoms with Crippen LogP contribution in [0.4, 0.5) is 0 Å². The number of carbonyl (C=O) groups is 1. The normalized spacial score (nSPS) is 27.6. The molecule has 1 saturated heterocycles. The van der Waals surface area contributed by atoms with Crippen molar-refractivity contribution in [3.63, 3.8) is 0 Å². The number of hydrogen-bond donors (Lipinski definition) is 2. The van der Waals surface area contributed by atoms with Gasteiger partial charge in [0.25, 0.3) is 5.91 Å². The zero-order chi connectivity index (χ0) is 23.8. The number of hydrazine groups is 1. The fourth-order valence-corrected chi connectivity index (χ4v) is 4.87. The highest BCUT2D eigenvalue weighted by Gasteiger charge is 2.45. The Labute approximate surface area is 199 Å². The minimum Gasteiger partial charge on any atom is -0.507 e. The summed E-state index contributed by atoms with van der Waals surface area (Å²) in [4.78, 5) is 15.5. The molecule has 3 aliphatic heterocycles. The van der Waals surface area contributed by atoms with Gasteiger partial charge in [-0.25, -0.2) is 0 Å². The minimum atomic E-state index is -1.23. The van der Waals surface area contributed by atoms with Gasteiger partial charge in [0.2, 0.25) is 0 Å². The fraction of sp³-hybridized carbons (Fsp3) is 0.296. The van der Waals surface area contributed by atoms with E-state index in [4.69, 9.17) is 4.74 Å². The van der Waals surface area contributed by atoms with Crippen molar-refractivity contribution in [3.05, 3.63) is 102 Å². The SMILES string of the molecule is CC(C)[C@@H]1/C=C/COc2ccccc2[C@@H](c2ccccc2)N2CN1C(=O)C1=C(O)C(O)C=CN12. The van der Waals surface area contributed by atoms with Crippen molar-refractivity contribution in [3.8, 4) is 5.75 Å². The summed E-state index contributed by atoms with van der Waals surface area (Å²) < 4.78 is 6.19. The second-order valence-corrected chi connectivity index (χ2v) is 9.05. The molecule has 2 unspecified atom stereocenters. The summed E-state index contributed by atoms with van der Waals surface area (Å²) in [6, 6.07) is 17.4. The number of amides is 1. The second-order valence-electron chi connectivity index (χ2n) is 9.05. The van der Waals surface area contributed by atoms with Crippen LogP contribution in [0.5, 0.6) is 5.75 Å².